The van der Waals surface area contributed by atoms with Crippen LogP contribution in [-0.2, 0) is 42.0 Å². The number of carboxylic acid groups (broad SMARTS) is 1. The Morgan fingerprint density at radius 3 is 2.26 bits per heavy atom. The number of aromatic nitrogens is 2. The molecular weight excluding hydrogens is 737 g/mol. The Morgan fingerprint density at radius 2 is 1.67 bits per heavy atom. The van der Waals surface area contributed by atoms with Crippen LogP contribution in [0.2, 0.25) is 0 Å². The zero-order valence-electron chi connectivity index (χ0n) is 29.6. The number of carboxylic acids is 1. The molecule has 2 aliphatic heterocycles. The molecule has 3 heterocycles. The van der Waals surface area contributed by atoms with Crippen LogP contribution >= 0.6 is 0 Å². The van der Waals surface area contributed by atoms with Gasteiger partial charge >= 0.3 is 18.2 Å². The quantitative estimate of drug-likeness (QED) is 0.197. The molecule has 0 fully saturated rings. The van der Waals surface area contributed by atoms with Crippen LogP contribution in [0.5, 0.6) is 0 Å². The van der Waals surface area contributed by atoms with E-state index < -0.39 is 51.2 Å². The Balaban J connectivity index is 0.000000845. The lowest BCUT2D eigenvalue weighted by atomic mass is 9.94. The van der Waals surface area contributed by atoms with Gasteiger partial charge in [0.2, 0.25) is 11.8 Å². The number of anilines is 2. The van der Waals surface area contributed by atoms with Crippen molar-refractivity contribution in [3.8, 4) is 0 Å². The van der Waals surface area contributed by atoms with Crippen LogP contribution in [0.4, 0.5) is 29.3 Å². The third-order valence-corrected chi connectivity index (χ3v) is 10.6. The average molecular weight is 775 g/mol. The number of benzene rings is 3. The summed E-state index contributed by atoms with van der Waals surface area (Å²) >= 11 is 0. The number of hydrogen-bond acceptors (Lipinski definition) is 10. The van der Waals surface area contributed by atoms with Crippen molar-refractivity contribution in [2.24, 2.45) is 0 Å². The Kier molecular flexibility index (Phi) is 12.4. The maximum atomic E-state index is 14.0. The maximum Gasteiger partial charge on any atom is 0.490 e. The van der Waals surface area contributed by atoms with Gasteiger partial charge in [-0.1, -0.05) is 12.1 Å². The summed E-state index contributed by atoms with van der Waals surface area (Å²) < 4.78 is 63.3. The van der Waals surface area contributed by atoms with Gasteiger partial charge in [0.05, 0.1) is 41.0 Å². The molecule has 4 bridgehead atoms. The molecule has 15 nitrogen and oxygen atoms in total. The molecule has 0 radical (unpaired) electrons. The van der Waals surface area contributed by atoms with Crippen LogP contribution in [0.1, 0.15) is 47.7 Å². The standard InChI is InChI=1S/C33H36N6O7S.C2HF3O2/c1-18(2)47(44,45)28-9-7-23-12-22(28)14-34-32(42)30(38-24-6-8-27-25(13-24)31(41)36-17-35-27)21-10-19(3)26(20(4)11-21)15-39(33(43)46-5)16-29(40)37-23;3-2(4,5)1(6)7/h6-13,17-18,30,38H,14-16H2,1-5H3,(H,34,42)(H,37,40)(H,35,36,41);(H,6,7). The number of rotatable bonds is 4. The van der Waals surface area contributed by atoms with E-state index in [0.717, 1.165) is 16.7 Å². The lowest BCUT2D eigenvalue weighted by Crippen LogP contribution is -2.38. The molecular formula is C35H37F3N6O9S. The number of H-pyrrole nitrogens is 1. The molecule has 54 heavy (non-hydrogen) atoms. The number of carbonyl (C=O) groups is 4. The molecule has 0 aliphatic carbocycles. The molecule has 19 heteroatoms. The van der Waals surface area contributed by atoms with Crippen molar-refractivity contribution in [2.45, 2.75) is 63.1 Å². The number of alkyl halides is 3. The number of aromatic amines is 1. The van der Waals surface area contributed by atoms with Crippen molar-refractivity contribution >= 4 is 56.0 Å². The first-order valence-electron chi connectivity index (χ1n) is 16.1. The van der Waals surface area contributed by atoms with E-state index >= 15 is 0 Å². The minimum absolute atomic E-state index is 0.0184. The second-order valence-corrected chi connectivity index (χ2v) is 15.0. The number of nitrogens with zero attached hydrogens (tertiary/aromatic N) is 2. The summed E-state index contributed by atoms with van der Waals surface area (Å²) in [5, 5.41) is 15.6. The maximum absolute atomic E-state index is 14.0. The van der Waals surface area contributed by atoms with Crippen molar-refractivity contribution in [1.29, 1.82) is 0 Å². The summed E-state index contributed by atoms with van der Waals surface area (Å²) in [6, 6.07) is 12.0. The third kappa shape index (κ3) is 9.51. The smallest absolute Gasteiger partial charge is 0.475 e. The second-order valence-electron chi connectivity index (χ2n) is 12.5. The Hall–Kier alpha value is -5.98. The molecule has 6 rings (SSSR count). The number of amides is 3. The van der Waals surface area contributed by atoms with Gasteiger partial charge in [-0.3, -0.25) is 19.3 Å². The summed E-state index contributed by atoms with van der Waals surface area (Å²) in [5.74, 6) is -3.74. The number of ether oxygens (including phenoxy) is 1. The number of carbonyl (C=O) groups excluding carboxylic acids is 3. The van der Waals surface area contributed by atoms with Crippen molar-refractivity contribution < 1.29 is 50.6 Å². The van der Waals surface area contributed by atoms with Crippen molar-refractivity contribution in [2.75, 3.05) is 24.3 Å². The molecule has 0 spiro atoms. The summed E-state index contributed by atoms with van der Waals surface area (Å²) in [6.45, 7) is 6.36. The summed E-state index contributed by atoms with van der Waals surface area (Å²) in [6.07, 6.45) is -4.47. The number of halogens is 3. The van der Waals surface area contributed by atoms with Gasteiger partial charge in [-0.2, -0.15) is 13.2 Å². The monoisotopic (exact) mass is 774 g/mol. The van der Waals surface area contributed by atoms with E-state index in [4.69, 9.17) is 14.6 Å². The van der Waals surface area contributed by atoms with Crippen LogP contribution in [0, 0.1) is 13.8 Å². The summed E-state index contributed by atoms with van der Waals surface area (Å²) in [4.78, 5) is 69.3. The van der Waals surface area contributed by atoms with Gasteiger partial charge in [0, 0.05) is 17.9 Å². The molecule has 0 saturated heterocycles. The SMILES string of the molecule is COC(=O)N1CC(=O)Nc2ccc(S(=O)(=O)C(C)C)c(c2)CNC(=O)C(Nc2ccc3nc[nH]c(=O)c3c2)c2cc(C)c(c(C)c2)C1.O=C(O)C(F)(F)F. The van der Waals surface area contributed by atoms with Crippen molar-refractivity contribution in [1.82, 2.24) is 20.2 Å². The number of sulfone groups is 1. The minimum atomic E-state index is -5.08. The topological polar surface area (TPSA) is 217 Å². The first-order chi connectivity index (χ1) is 25.2. The number of methoxy groups -OCH3 is 1. The molecule has 3 aromatic carbocycles. The second kappa shape index (κ2) is 16.4. The van der Waals surface area contributed by atoms with Gasteiger partial charge in [-0.15, -0.1) is 0 Å². The predicted molar refractivity (Wildman–Crippen MR) is 190 cm³/mol. The van der Waals surface area contributed by atoms with E-state index in [-0.39, 0.29) is 35.7 Å². The molecule has 3 amide bonds. The zero-order valence-corrected chi connectivity index (χ0v) is 30.4. The van der Waals surface area contributed by atoms with Crippen molar-refractivity contribution in [3.05, 3.63) is 93.0 Å². The highest BCUT2D eigenvalue weighted by atomic mass is 32.2. The molecule has 5 N–H and O–H groups in total. The minimum Gasteiger partial charge on any atom is -0.475 e. The number of fused-ring (bicyclic) bond motifs is 10. The van der Waals surface area contributed by atoms with Gasteiger partial charge in [0.1, 0.15) is 12.6 Å². The number of aliphatic carboxylic acids is 1. The highest BCUT2D eigenvalue weighted by Crippen LogP contribution is 2.29. The van der Waals surface area contributed by atoms with Crippen LogP contribution in [-0.4, -0.2) is 77.3 Å². The average Bonchev–Trinajstić information content (AvgIpc) is 3.09. The van der Waals surface area contributed by atoms with Gasteiger partial charge < -0.3 is 30.8 Å². The molecule has 4 aromatic rings. The fourth-order valence-corrected chi connectivity index (χ4v) is 6.82. The fraction of sp³-hybridized carbons (Fsp3) is 0.314. The lowest BCUT2D eigenvalue weighted by molar-refractivity contribution is -0.192. The Labute approximate surface area is 306 Å². The largest absolute Gasteiger partial charge is 0.490 e. The van der Waals surface area contributed by atoms with E-state index in [1.54, 1.807) is 32.0 Å². The van der Waals surface area contributed by atoms with Gasteiger partial charge in [0.25, 0.3) is 5.56 Å². The molecule has 288 valence electrons. The number of aryl methyl sites for hydroxylation is 2. The first kappa shape index (κ1) is 40.8. The highest BCUT2D eigenvalue weighted by Gasteiger charge is 2.38. The predicted octanol–water partition coefficient (Wildman–Crippen LogP) is 4.35. The summed E-state index contributed by atoms with van der Waals surface area (Å²) in [7, 11) is -2.54. The van der Waals surface area contributed by atoms with Gasteiger partial charge in [-0.25, -0.2) is 23.0 Å². The first-order valence-corrected chi connectivity index (χ1v) is 17.7. The van der Waals surface area contributed by atoms with E-state index in [9.17, 15) is 40.8 Å². The highest BCUT2D eigenvalue weighted by molar-refractivity contribution is 7.92. The van der Waals surface area contributed by atoms with E-state index in [1.807, 2.05) is 26.0 Å². The lowest BCUT2D eigenvalue weighted by Gasteiger charge is -2.26. The normalized spacial score (nSPS) is 15.2. The third-order valence-electron chi connectivity index (χ3n) is 8.35. The Morgan fingerprint density at radius 1 is 1.02 bits per heavy atom. The van der Waals surface area contributed by atoms with E-state index in [2.05, 4.69) is 25.9 Å². The molecule has 1 unspecified atom stereocenters. The van der Waals surface area contributed by atoms with Crippen LogP contribution < -0.4 is 21.5 Å². The van der Waals surface area contributed by atoms with Crippen molar-refractivity contribution in [3.63, 3.8) is 0 Å². The van der Waals surface area contributed by atoms with Crippen LogP contribution in [0.25, 0.3) is 10.9 Å². The van der Waals surface area contributed by atoms with Gasteiger partial charge in [0.15, 0.2) is 9.84 Å². The van der Waals surface area contributed by atoms with Crippen LogP contribution in [0.3, 0.4) is 0 Å². The van der Waals surface area contributed by atoms with Crippen LogP contribution in [0.15, 0.2) is 64.5 Å². The number of nitrogens with one attached hydrogen (secondary N) is 4. The van der Waals surface area contributed by atoms with Gasteiger partial charge in [-0.05, 0) is 91.9 Å². The molecule has 1 aromatic heterocycles. The molecule has 1 atom stereocenters. The fourth-order valence-electron chi connectivity index (χ4n) is 5.56. The number of hydrogen-bond donors (Lipinski definition) is 5. The van der Waals surface area contributed by atoms with E-state index in [0.29, 0.717) is 27.8 Å². The zero-order chi connectivity index (χ0) is 40.1. The molecule has 2 aliphatic rings. The molecule has 0 saturated carbocycles. The Bertz CT molecular complexity index is 2250. The van der Waals surface area contributed by atoms with E-state index in [1.165, 1.54) is 36.5 Å². The summed E-state index contributed by atoms with van der Waals surface area (Å²) in [5.41, 5.74) is 4.07.